The van der Waals surface area contributed by atoms with Gasteiger partial charge in [0.15, 0.2) is 0 Å². The highest BCUT2D eigenvalue weighted by atomic mass is 16.6. The van der Waals surface area contributed by atoms with E-state index >= 15 is 0 Å². The smallest absolute Gasteiger partial charge is 0.355 e. The number of ether oxygens (including phenoxy) is 2. The Morgan fingerprint density at radius 1 is 1.04 bits per heavy atom. The number of hydrogen-bond donors (Lipinski definition) is 0. The molecule has 0 unspecified atom stereocenters. The van der Waals surface area contributed by atoms with Gasteiger partial charge in [0.25, 0.3) is 0 Å². The lowest BCUT2D eigenvalue weighted by atomic mass is 9.94. The minimum atomic E-state index is -0.663. The molecule has 3 aliphatic rings. The molecular weight excluding hydrogens is 340 g/mol. The first-order valence-corrected chi connectivity index (χ1v) is 8.25. The summed E-state index contributed by atoms with van der Waals surface area (Å²) in [6.45, 7) is 0. The van der Waals surface area contributed by atoms with Crippen LogP contribution in [0.5, 0.6) is 5.75 Å². The minimum Gasteiger partial charge on any atom is -0.497 e. The van der Waals surface area contributed by atoms with Crippen LogP contribution in [0.15, 0.2) is 46.0 Å². The Kier molecular flexibility index (Phi) is 2.91. The molecule has 0 radical (unpaired) electrons. The van der Waals surface area contributed by atoms with Gasteiger partial charge in [-0.3, -0.25) is 4.90 Å². The van der Waals surface area contributed by atoms with Crippen LogP contribution in [0.4, 0.5) is 10.5 Å². The lowest BCUT2D eigenvalue weighted by Crippen LogP contribution is -2.60. The van der Waals surface area contributed by atoms with Gasteiger partial charge < -0.3 is 9.47 Å². The van der Waals surface area contributed by atoms with Crippen LogP contribution in [0.25, 0.3) is 0 Å². The van der Waals surface area contributed by atoms with E-state index in [1.54, 1.807) is 36.3 Å². The Morgan fingerprint density at radius 3 is 2.46 bits per heavy atom. The Hall–Kier alpha value is -3.07. The van der Waals surface area contributed by atoms with E-state index in [-0.39, 0.29) is 12.2 Å². The molecule has 5 rings (SSSR count). The topological polar surface area (TPSA) is 91.0 Å². The number of anilines is 1. The highest BCUT2D eigenvalue weighted by Crippen LogP contribution is 2.43. The first-order valence-electron chi connectivity index (χ1n) is 8.25. The molecule has 1 aromatic carbocycles. The first kappa shape index (κ1) is 15.2. The van der Waals surface area contributed by atoms with Crippen LogP contribution in [0, 0.1) is 0 Å². The maximum absolute atomic E-state index is 13.2. The van der Waals surface area contributed by atoms with Crippen molar-refractivity contribution < 1.29 is 14.3 Å². The number of fused-ring (bicyclic) bond motifs is 5. The van der Waals surface area contributed by atoms with E-state index in [1.807, 2.05) is 12.2 Å². The van der Waals surface area contributed by atoms with Gasteiger partial charge in [-0.05, 0) is 24.3 Å². The molecule has 4 atom stereocenters. The molecule has 26 heavy (non-hydrogen) atoms. The van der Waals surface area contributed by atoms with Crippen molar-refractivity contribution in [2.75, 3.05) is 12.0 Å². The van der Waals surface area contributed by atoms with Crippen LogP contribution in [0.1, 0.15) is 6.04 Å². The van der Waals surface area contributed by atoms with E-state index in [9.17, 15) is 14.4 Å². The third-order valence-electron chi connectivity index (χ3n) is 5.23. The van der Waals surface area contributed by atoms with E-state index in [0.717, 1.165) is 9.25 Å². The summed E-state index contributed by atoms with van der Waals surface area (Å²) in [6, 6.07) is 5.57. The number of epoxide rings is 1. The maximum Gasteiger partial charge on any atom is 0.355 e. The SMILES string of the molecule is COc1ccc(N2C(=O)n3c(=O)n(C)c(=O)n3[C@H]3C=C[C@@H]4O[C@@H]4[C@H]32)cc1. The standard InChI is InChI=1S/C17H16N4O5/c1-18-15(22)20-11-7-8-12-14(26-12)13(11)19(17(24)21(20)16(18)23)9-3-5-10(25-2)6-4-9/h3-8,11-14H,1-2H3/t11-,12-,13-,14-/m0/s1. The maximum atomic E-state index is 13.2. The number of carbonyl (C=O) groups is 1. The van der Waals surface area contributed by atoms with Crippen molar-refractivity contribution >= 4 is 11.7 Å². The Morgan fingerprint density at radius 2 is 1.77 bits per heavy atom. The predicted octanol–water partition coefficient (Wildman–Crippen LogP) is 0.0923. The Balaban J connectivity index is 1.73. The number of carbonyl (C=O) groups excluding carboxylic acids is 1. The molecule has 1 amide bonds. The minimum absolute atomic E-state index is 0.0671. The van der Waals surface area contributed by atoms with Crippen molar-refractivity contribution in [3.63, 3.8) is 0 Å². The zero-order valence-corrected chi connectivity index (χ0v) is 14.1. The van der Waals surface area contributed by atoms with Gasteiger partial charge in [-0.1, -0.05) is 12.2 Å². The molecule has 0 bridgehead atoms. The number of amides is 1. The molecule has 9 nitrogen and oxygen atoms in total. The number of hydrogen-bond acceptors (Lipinski definition) is 5. The monoisotopic (exact) mass is 356 g/mol. The summed E-state index contributed by atoms with van der Waals surface area (Å²) in [5.74, 6) is 0.660. The fourth-order valence-electron chi connectivity index (χ4n) is 3.87. The first-order chi connectivity index (χ1) is 12.5. The van der Waals surface area contributed by atoms with E-state index in [0.29, 0.717) is 11.4 Å². The molecule has 1 aromatic heterocycles. The van der Waals surface area contributed by atoms with Crippen LogP contribution in [0.3, 0.4) is 0 Å². The molecule has 0 N–H and O–H groups in total. The second-order valence-electron chi connectivity index (χ2n) is 6.56. The molecule has 9 heteroatoms. The second-order valence-corrected chi connectivity index (χ2v) is 6.56. The van der Waals surface area contributed by atoms with Gasteiger partial charge in [-0.2, -0.15) is 0 Å². The second kappa shape index (κ2) is 4.98. The van der Waals surface area contributed by atoms with E-state index in [2.05, 4.69) is 0 Å². The highest BCUT2D eigenvalue weighted by Gasteiger charge is 2.57. The number of rotatable bonds is 2. The molecule has 1 saturated heterocycles. The van der Waals surface area contributed by atoms with Crippen molar-refractivity contribution in [3.8, 4) is 5.75 Å². The van der Waals surface area contributed by atoms with Gasteiger partial charge in [-0.15, -0.1) is 4.68 Å². The van der Waals surface area contributed by atoms with E-state index < -0.39 is 29.5 Å². The van der Waals surface area contributed by atoms with Crippen LogP contribution in [-0.2, 0) is 11.8 Å². The summed E-state index contributed by atoms with van der Waals surface area (Å²) in [6.07, 6.45) is 3.44. The van der Waals surface area contributed by atoms with E-state index in [4.69, 9.17) is 9.47 Å². The van der Waals surface area contributed by atoms with Crippen LogP contribution >= 0.6 is 0 Å². The predicted molar refractivity (Wildman–Crippen MR) is 90.8 cm³/mol. The van der Waals surface area contributed by atoms with Gasteiger partial charge in [0, 0.05) is 12.7 Å². The third kappa shape index (κ3) is 1.80. The average Bonchev–Trinajstić information content (AvgIpc) is 3.41. The van der Waals surface area contributed by atoms with Crippen molar-refractivity contribution in [1.29, 1.82) is 0 Å². The summed E-state index contributed by atoms with van der Waals surface area (Å²) in [5.41, 5.74) is -0.564. The number of benzene rings is 1. The number of nitrogens with zero attached hydrogens (tertiary/aromatic N) is 4. The summed E-state index contributed by atoms with van der Waals surface area (Å²) < 4.78 is 13.9. The molecule has 1 fully saturated rings. The zero-order chi connectivity index (χ0) is 18.2. The lowest BCUT2D eigenvalue weighted by molar-refractivity contribution is 0.209. The fourth-order valence-corrected chi connectivity index (χ4v) is 3.87. The van der Waals surface area contributed by atoms with Crippen LogP contribution in [-0.4, -0.2) is 45.3 Å². The summed E-state index contributed by atoms with van der Waals surface area (Å²) >= 11 is 0. The number of methoxy groups -OCH3 is 1. The molecule has 2 aromatic rings. The van der Waals surface area contributed by atoms with Crippen LogP contribution < -0.4 is 21.0 Å². The Labute approximate surface area is 147 Å². The lowest BCUT2D eigenvalue weighted by Gasteiger charge is -2.40. The summed E-state index contributed by atoms with van der Waals surface area (Å²) in [4.78, 5) is 39.7. The van der Waals surface area contributed by atoms with Gasteiger partial charge in [0.1, 0.15) is 18.0 Å². The molecular formula is C17H16N4O5. The third-order valence-corrected chi connectivity index (χ3v) is 5.23. The highest BCUT2D eigenvalue weighted by molar-refractivity contribution is 5.95. The van der Waals surface area contributed by atoms with Gasteiger partial charge in [0.2, 0.25) is 0 Å². The Bertz CT molecular complexity index is 1060. The fraction of sp³-hybridized carbons (Fsp3) is 0.353. The van der Waals surface area contributed by atoms with Gasteiger partial charge in [-0.25, -0.2) is 23.6 Å². The van der Waals surface area contributed by atoms with Crippen molar-refractivity contribution in [1.82, 2.24) is 13.9 Å². The van der Waals surface area contributed by atoms with Gasteiger partial charge in [0.05, 0.1) is 19.2 Å². The van der Waals surface area contributed by atoms with Gasteiger partial charge >= 0.3 is 17.4 Å². The molecule has 134 valence electrons. The summed E-state index contributed by atoms with van der Waals surface area (Å²) in [7, 11) is 2.93. The molecule has 1 aliphatic carbocycles. The quantitative estimate of drug-likeness (QED) is 0.562. The largest absolute Gasteiger partial charge is 0.497 e. The normalized spacial score (nSPS) is 28.4. The number of aromatic nitrogens is 3. The summed E-state index contributed by atoms with van der Waals surface area (Å²) in [5, 5.41) is 0. The molecule has 0 saturated carbocycles. The van der Waals surface area contributed by atoms with Crippen molar-refractivity contribution in [2.24, 2.45) is 7.05 Å². The molecule has 3 heterocycles. The van der Waals surface area contributed by atoms with Crippen molar-refractivity contribution in [2.45, 2.75) is 24.3 Å². The zero-order valence-electron chi connectivity index (χ0n) is 14.1. The molecule has 0 spiro atoms. The average molecular weight is 356 g/mol. The molecule has 2 aliphatic heterocycles. The van der Waals surface area contributed by atoms with E-state index in [1.165, 1.54) is 11.7 Å². The van der Waals surface area contributed by atoms with Crippen LogP contribution in [0.2, 0.25) is 0 Å². The van der Waals surface area contributed by atoms with Crippen molar-refractivity contribution in [3.05, 3.63) is 57.4 Å².